The van der Waals surface area contributed by atoms with Crippen LogP contribution in [0.5, 0.6) is 0 Å². The minimum Gasteiger partial charge on any atom is -0.244 e. The number of benzene rings is 1. The lowest BCUT2D eigenvalue weighted by atomic mass is 9.83. The van der Waals surface area contributed by atoms with Gasteiger partial charge in [-0.05, 0) is 18.2 Å². The van der Waals surface area contributed by atoms with E-state index in [2.05, 4.69) is 31.9 Å². The molecule has 0 bridgehead atoms. The molecule has 0 amide bonds. The highest BCUT2D eigenvalue weighted by molar-refractivity contribution is 9.11. The summed E-state index contributed by atoms with van der Waals surface area (Å²) >= 11 is 5.30. The van der Waals surface area contributed by atoms with Gasteiger partial charge in [0.25, 0.3) is 5.67 Å². The van der Waals surface area contributed by atoms with Gasteiger partial charge in [0.1, 0.15) is 0 Å². The Balaban J connectivity index is 3.76. The van der Waals surface area contributed by atoms with Crippen LogP contribution < -0.4 is 0 Å². The summed E-state index contributed by atoms with van der Waals surface area (Å²) in [7, 11) is 0. The van der Waals surface area contributed by atoms with Crippen LogP contribution in [0.25, 0.3) is 0 Å². The minimum absolute atomic E-state index is 0.258. The predicted molar refractivity (Wildman–Crippen MR) is 66.6 cm³/mol. The summed E-state index contributed by atoms with van der Waals surface area (Å²) in [4.78, 5) is 0. The van der Waals surface area contributed by atoms with E-state index in [-0.39, 0.29) is 8.95 Å². The van der Waals surface area contributed by atoms with Gasteiger partial charge in [-0.3, -0.25) is 0 Å². The first-order chi connectivity index (χ1) is 9.70. The van der Waals surface area contributed by atoms with E-state index in [4.69, 9.17) is 0 Å². The fourth-order valence-electron chi connectivity index (χ4n) is 1.66. The van der Waals surface area contributed by atoms with Gasteiger partial charge in [0.15, 0.2) is 6.67 Å². The third-order valence-corrected chi connectivity index (χ3v) is 3.64. The molecule has 0 fully saturated rings. The monoisotopic (exact) mass is 466 g/mol. The standard InChI is InChI=1S/C11H5Br2F9/c12-6-1-5(2-7(13)3-6)9(17,8(15,16)4-14)10(18,19)11(20,21)22/h1-3H,4H2. The molecule has 0 radical (unpaired) electrons. The molecule has 0 aliphatic carbocycles. The Morgan fingerprint density at radius 1 is 0.773 bits per heavy atom. The van der Waals surface area contributed by atoms with E-state index >= 15 is 0 Å². The van der Waals surface area contributed by atoms with Crippen molar-refractivity contribution in [2.24, 2.45) is 0 Å². The molecule has 0 spiro atoms. The maximum absolute atomic E-state index is 14.4. The lowest BCUT2D eigenvalue weighted by Gasteiger charge is -2.39. The van der Waals surface area contributed by atoms with Gasteiger partial charge in [0, 0.05) is 14.5 Å². The van der Waals surface area contributed by atoms with Crippen molar-refractivity contribution in [3.63, 3.8) is 0 Å². The molecule has 1 unspecified atom stereocenters. The highest BCUT2D eigenvalue weighted by Crippen LogP contribution is 2.58. The first-order valence-electron chi connectivity index (χ1n) is 5.24. The smallest absolute Gasteiger partial charge is 0.244 e. The van der Waals surface area contributed by atoms with E-state index in [1.807, 2.05) is 0 Å². The highest BCUT2D eigenvalue weighted by atomic mass is 79.9. The zero-order chi connectivity index (χ0) is 17.6. The second-order valence-electron chi connectivity index (χ2n) is 4.23. The van der Waals surface area contributed by atoms with E-state index in [1.54, 1.807) is 0 Å². The molecule has 22 heavy (non-hydrogen) atoms. The Kier molecular flexibility index (Phi) is 5.24. The molecule has 1 atom stereocenters. The molecular formula is C11H5Br2F9. The van der Waals surface area contributed by atoms with Crippen molar-refractivity contribution in [1.29, 1.82) is 0 Å². The molecular weight excluding hydrogens is 463 g/mol. The number of hydrogen-bond donors (Lipinski definition) is 0. The molecule has 1 aromatic rings. The highest BCUT2D eigenvalue weighted by Gasteiger charge is 2.80. The lowest BCUT2D eigenvalue weighted by Crippen LogP contribution is -2.61. The van der Waals surface area contributed by atoms with Crippen LogP contribution >= 0.6 is 31.9 Å². The van der Waals surface area contributed by atoms with Gasteiger partial charge in [-0.25, -0.2) is 8.78 Å². The van der Waals surface area contributed by atoms with Crippen LogP contribution in [0, 0.1) is 0 Å². The summed E-state index contributed by atoms with van der Waals surface area (Å²) < 4.78 is 117. The molecule has 0 nitrogen and oxygen atoms in total. The van der Waals surface area contributed by atoms with E-state index in [1.165, 1.54) is 0 Å². The SMILES string of the molecule is FCC(F)(F)C(F)(c1cc(Br)cc(Br)c1)C(F)(F)C(F)(F)F. The Morgan fingerprint density at radius 3 is 1.50 bits per heavy atom. The Morgan fingerprint density at radius 2 is 1.18 bits per heavy atom. The van der Waals surface area contributed by atoms with Crippen molar-refractivity contribution in [3.05, 3.63) is 32.7 Å². The van der Waals surface area contributed by atoms with Crippen molar-refractivity contribution in [3.8, 4) is 0 Å². The fourth-order valence-corrected chi connectivity index (χ4v) is 2.96. The number of halogens is 11. The first-order valence-corrected chi connectivity index (χ1v) is 6.83. The maximum atomic E-state index is 14.4. The van der Waals surface area contributed by atoms with Crippen molar-refractivity contribution in [2.75, 3.05) is 6.67 Å². The van der Waals surface area contributed by atoms with Crippen LogP contribution in [0.4, 0.5) is 39.5 Å². The number of hydrogen-bond acceptors (Lipinski definition) is 0. The molecule has 126 valence electrons. The van der Waals surface area contributed by atoms with Gasteiger partial charge < -0.3 is 0 Å². The average Bonchev–Trinajstić information content (AvgIpc) is 2.34. The van der Waals surface area contributed by atoms with E-state index < -0.39 is 35.9 Å². The third kappa shape index (κ3) is 2.98. The van der Waals surface area contributed by atoms with Crippen molar-refractivity contribution in [2.45, 2.75) is 23.7 Å². The summed E-state index contributed by atoms with van der Waals surface area (Å²) in [5.41, 5.74) is -7.35. The van der Waals surface area contributed by atoms with Gasteiger partial charge in [-0.1, -0.05) is 31.9 Å². The van der Waals surface area contributed by atoms with Crippen molar-refractivity contribution >= 4 is 31.9 Å². The lowest BCUT2D eigenvalue weighted by molar-refractivity contribution is -0.368. The molecule has 0 aromatic heterocycles. The molecule has 11 heteroatoms. The molecule has 0 N–H and O–H groups in total. The first kappa shape index (κ1) is 19.6. The molecule has 0 saturated heterocycles. The average molecular weight is 468 g/mol. The van der Waals surface area contributed by atoms with Crippen LogP contribution in [0.15, 0.2) is 27.1 Å². The number of alkyl halides is 9. The van der Waals surface area contributed by atoms with Gasteiger partial charge in [0.05, 0.1) is 0 Å². The molecule has 1 aromatic carbocycles. The van der Waals surface area contributed by atoms with Crippen molar-refractivity contribution < 1.29 is 39.5 Å². The Hall–Kier alpha value is -0.450. The summed E-state index contributed by atoms with van der Waals surface area (Å²) in [6.45, 7) is -3.04. The molecule has 0 aliphatic rings. The fraction of sp³-hybridized carbons (Fsp3) is 0.455. The Labute approximate surface area is 134 Å². The molecule has 0 saturated carbocycles. The van der Waals surface area contributed by atoms with Crippen LogP contribution in [0.2, 0.25) is 0 Å². The van der Waals surface area contributed by atoms with Crippen LogP contribution in [0.1, 0.15) is 5.56 Å². The van der Waals surface area contributed by atoms with Gasteiger partial charge in [0.2, 0.25) is 0 Å². The van der Waals surface area contributed by atoms with E-state index in [0.29, 0.717) is 12.1 Å². The van der Waals surface area contributed by atoms with Crippen LogP contribution in [-0.4, -0.2) is 24.7 Å². The zero-order valence-corrected chi connectivity index (χ0v) is 13.3. The summed E-state index contributed by atoms with van der Waals surface area (Å²) in [6, 6.07) is 1.69. The second kappa shape index (κ2) is 5.88. The van der Waals surface area contributed by atoms with Gasteiger partial charge in [-0.15, -0.1) is 0 Å². The van der Waals surface area contributed by atoms with Gasteiger partial charge in [-0.2, -0.15) is 30.7 Å². The Bertz CT molecular complexity index is 535. The zero-order valence-electron chi connectivity index (χ0n) is 10.1. The largest absolute Gasteiger partial charge is 0.457 e. The second-order valence-corrected chi connectivity index (χ2v) is 6.06. The number of rotatable bonds is 4. The van der Waals surface area contributed by atoms with Crippen molar-refractivity contribution in [1.82, 2.24) is 0 Å². The molecule has 0 aliphatic heterocycles. The van der Waals surface area contributed by atoms with Gasteiger partial charge >= 0.3 is 18.0 Å². The minimum atomic E-state index is -6.66. The third-order valence-electron chi connectivity index (χ3n) is 2.72. The summed E-state index contributed by atoms with van der Waals surface area (Å²) in [5, 5.41) is 0. The maximum Gasteiger partial charge on any atom is 0.457 e. The van der Waals surface area contributed by atoms with Crippen LogP contribution in [-0.2, 0) is 5.67 Å². The summed E-state index contributed by atoms with van der Waals surface area (Å²) in [5.74, 6) is -12.2. The topological polar surface area (TPSA) is 0 Å². The normalized spacial score (nSPS) is 16.5. The molecule has 0 heterocycles. The predicted octanol–water partition coefficient (Wildman–Crippen LogP) is 6.18. The molecule has 1 rings (SSSR count). The van der Waals surface area contributed by atoms with Crippen LogP contribution in [0.3, 0.4) is 0 Å². The van der Waals surface area contributed by atoms with E-state index in [0.717, 1.165) is 6.07 Å². The van der Waals surface area contributed by atoms with E-state index in [9.17, 15) is 39.5 Å². The quantitative estimate of drug-likeness (QED) is 0.464. The summed E-state index contributed by atoms with van der Waals surface area (Å²) in [6.07, 6.45) is -6.66.